The zero-order valence-corrected chi connectivity index (χ0v) is 13.9. The van der Waals surface area contributed by atoms with E-state index in [1.165, 1.54) is 4.88 Å². The molecule has 0 aliphatic carbocycles. The zero-order valence-electron chi connectivity index (χ0n) is 13.0. The summed E-state index contributed by atoms with van der Waals surface area (Å²) in [6.45, 7) is 4.06. The van der Waals surface area contributed by atoms with Crippen molar-refractivity contribution in [2.24, 2.45) is 0 Å². The molecule has 3 rings (SSSR count). The summed E-state index contributed by atoms with van der Waals surface area (Å²) in [6, 6.07) is 10.5. The van der Waals surface area contributed by atoms with Crippen LogP contribution in [0.2, 0.25) is 0 Å². The summed E-state index contributed by atoms with van der Waals surface area (Å²) in [7, 11) is 3.45. The van der Waals surface area contributed by atoms with Gasteiger partial charge in [-0.2, -0.15) is 0 Å². The summed E-state index contributed by atoms with van der Waals surface area (Å²) in [4.78, 5) is 3.83. The molecule has 0 radical (unpaired) electrons. The number of thiophene rings is 1. The SMILES string of the molecule is COc1cccc(OC)c1[C@@H](c1cccs1)N1CCNCC1. The summed E-state index contributed by atoms with van der Waals surface area (Å²) >= 11 is 1.78. The molecule has 0 unspecified atom stereocenters. The van der Waals surface area contributed by atoms with E-state index < -0.39 is 0 Å². The molecule has 118 valence electrons. The zero-order chi connectivity index (χ0) is 15.4. The summed E-state index contributed by atoms with van der Waals surface area (Å²) in [6.07, 6.45) is 0. The van der Waals surface area contributed by atoms with Crippen LogP contribution in [0, 0.1) is 0 Å². The molecular formula is C17H22N2O2S. The maximum Gasteiger partial charge on any atom is 0.127 e. The topological polar surface area (TPSA) is 33.7 Å². The predicted molar refractivity (Wildman–Crippen MR) is 90.2 cm³/mol. The Morgan fingerprint density at radius 2 is 1.73 bits per heavy atom. The molecule has 1 aromatic heterocycles. The smallest absolute Gasteiger partial charge is 0.127 e. The summed E-state index contributed by atoms with van der Waals surface area (Å²) in [5.41, 5.74) is 1.12. The van der Waals surface area contributed by atoms with Crippen molar-refractivity contribution in [3.05, 3.63) is 46.2 Å². The van der Waals surface area contributed by atoms with Crippen LogP contribution in [0.25, 0.3) is 0 Å². The van der Waals surface area contributed by atoms with Gasteiger partial charge >= 0.3 is 0 Å². The number of nitrogens with zero attached hydrogens (tertiary/aromatic N) is 1. The molecule has 1 atom stereocenters. The lowest BCUT2D eigenvalue weighted by atomic mass is 10.00. The molecule has 0 saturated carbocycles. The Kier molecular flexibility index (Phi) is 4.97. The van der Waals surface area contributed by atoms with Crippen LogP contribution in [-0.4, -0.2) is 45.3 Å². The summed E-state index contributed by atoms with van der Waals surface area (Å²) in [5.74, 6) is 1.77. The largest absolute Gasteiger partial charge is 0.496 e. The number of ether oxygens (including phenoxy) is 2. The monoisotopic (exact) mass is 318 g/mol. The average molecular weight is 318 g/mol. The second kappa shape index (κ2) is 7.13. The van der Waals surface area contributed by atoms with Crippen molar-refractivity contribution in [2.45, 2.75) is 6.04 Å². The quantitative estimate of drug-likeness (QED) is 0.919. The van der Waals surface area contributed by atoms with Crippen LogP contribution in [0.1, 0.15) is 16.5 Å². The van der Waals surface area contributed by atoms with Gasteiger partial charge in [0.15, 0.2) is 0 Å². The fourth-order valence-electron chi connectivity index (χ4n) is 3.04. The van der Waals surface area contributed by atoms with E-state index >= 15 is 0 Å². The molecule has 0 bridgehead atoms. The Bertz CT molecular complexity index is 572. The highest BCUT2D eigenvalue weighted by Gasteiger charge is 2.29. The third-order valence-electron chi connectivity index (χ3n) is 4.07. The van der Waals surface area contributed by atoms with Gasteiger partial charge in [0.1, 0.15) is 11.5 Å². The average Bonchev–Trinajstić information content (AvgIpc) is 3.10. The number of nitrogens with one attached hydrogen (secondary N) is 1. The molecule has 2 aromatic rings. The number of hydrogen-bond donors (Lipinski definition) is 1. The van der Waals surface area contributed by atoms with Crippen LogP contribution in [0.15, 0.2) is 35.7 Å². The van der Waals surface area contributed by atoms with Crippen molar-refractivity contribution in [2.75, 3.05) is 40.4 Å². The van der Waals surface area contributed by atoms with E-state index in [2.05, 4.69) is 27.7 Å². The summed E-state index contributed by atoms with van der Waals surface area (Å²) in [5, 5.41) is 5.55. The van der Waals surface area contributed by atoms with Crippen LogP contribution in [0.4, 0.5) is 0 Å². The highest BCUT2D eigenvalue weighted by Crippen LogP contribution is 2.42. The van der Waals surface area contributed by atoms with Gasteiger partial charge in [0, 0.05) is 31.1 Å². The molecule has 1 aliphatic heterocycles. The molecule has 1 aromatic carbocycles. The van der Waals surface area contributed by atoms with E-state index in [0.717, 1.165) is 43.2 Å². The van der Waals surface area contributed by atoms with Gasteiger partial charge in [-0.3, -0.25) is 4.90 Å². The minimum Gasteiger partial charge on any atom is -0.496 e. The summed E-state index contributed by atoms with van der Waals surface area (Å²) < 4.78 is 11.3. The van der Waals surface area contributed by atoms with Gasteiger partial charge in [0.25, 0.3) is 0 Å². The Hall–Kier alpha value is -1.56. The van der Waals surface area contributed by atoms with Crippen LogP contribution >= 0.6 is 11.3 Å². The molecule has 1 fully saturated rings. The molecule has 22 heavy (non-hydrogen) atoms. The molecule has 1 N–H and O–H groups in total. The fraction of sp³-hybridized carbons (Fsp3) is 0.412. The fourth-order valence-corrected chi connectivity index (χ4v) is 3.91. The standard InChI is InChI=1S/C17H22N2O2S/c1-20-13-5-3-6-14(21-2)16(13)17(15-7-4-12-22-15)19-10-8-18-9-11-19/h3-7,12,17-18H,8-11H2,1-2H3/t17-/m1/s1. The number of benzene rings is 1. The van der Waals surface area contributed by atoms with Gasteiger partial charge in [-0.05, 0) is 23.6 Å². The highest BCUT2D eigenvalue weighted by molar-refractivity contribution is 7.10. The Morgan fingerprint density at radius 3 is 2.27 bits per heavy atom. The third kappa shape index (κ3) is 2.97. The van der Waals surface area contributed by atoms with Crippen molar-refractivity contribution >= 4 is 11.3 Å². The van der Waals surface area contributed by atoms with Crippen LogP contribution < -0.4 is 14.8 Å². The molecule has 2 heterocycles. The third-order valence-corrected chi connectivity index (χ3v) is 4.99. The van der Waals surface area contributed by atoms with E-state index in [4.69, 9.17) is 9.47 Å². The van der Waals surface area contributed by atoms with Crippen molar-refractivity contribution in [3.63, 3.8) is 0 Å². The van der Waals surface area contributed by atoms with E-state index in [-0.39, 0.29) is 6.04 Å². The van der Waals surface area contributed by atoms with Crippen molar-refractivity contribution in [3.8, 4) is 11.5 Å². The number of methoxy groups -OCH3 is 2. The van der Waals surface area contributed by atoms with Crippen molar-refractivity contribution in [1.82, 2.24) is 10.2 Å². The van der Waals surface area contributed by atoms with Crippen molar-refractivity contribution in [1.29, 1.82) is 0 Å². The van der Waals surface area contributed by atoms with Crippen LogP contribution in [0.5, 0.6) is 11.5 Å². The number of rotatable bonds is 5. The molecular weight excluding hydrogens is 296 g/mol. The van der Waals surface area contributed by atoms with Gasteiger partial charge in [0.05, 0.1) is 25.8 Å². The first-order chi connectivity index (χ1) is 10.8. The van der Waals surface area contributed by atoms with E-state index in [1.54, 1.807) is 25.6 Å². The lowest BCUT2D eigenvalue weighted by Crippen LogP contribution is -2.45. The van der Waals surface area contributed by atoms with E-state index in [1.807, 2.05) is 18.2 Å². The molecule has 0 amide bonds. The lowest BCUT2D eigenvalue weighted by molar-refractivity contribution is 0.194. The minimum atomic E-state index is 0.174. The van der Waals surface area contributed by atoms with Crippen molar-refractivity contribution < 1.29 is 9.47 Å². The van der Waals surface area contributed by atoms with Gasteiger partial charge in [-0.25, -0.2) is 0 Å². The first-order valence-electron chi connectivity index (χ1n) is 7.54. The van der Waals surface area contributed by atoms with Gasteiger partial charge in [-0.1, -0.05) is 12.1 Å². The maximum atomic E-state index is 5.64. The second-order valence-electron chi connectivity index (χ2n) is 5.28. The molecule has 1 saturated heterocycles. The minimum absolute atomic E-state index is 0.174. The van der Waals surface area contributed by atoms with Gasteiger partial charge < -0.3 is 14.8 Å². The lowest BCUT2D eigenvalue weighted by Gasteiger charge is -2.35. The normalized spacial score (nSPS) is 17.2. The van der Waals surface area contributed by atoms with Crippen LogP contribution in [0.3, 0.4) is 0 Å². The number of piperazine rings is 1. The molecule has 4 nitrogen and oxygen atoms in total. The number of hydrogen-bond acceptors (Lipinski definition) is 5. The highest BCUT2D eigenvalue weighted by atomic mass is 32.1. The first-order valence-corrected chi connectivity index (χ1v) is 8.42. The Balaban J connectivity index is 2.09. The molecule has 5 heteroatoms. The van der Waals surface area contributed by atoms with E-state index in [0.29, 0.717) is 0 Å². The first kappa shape index (κ1) is 15.3. The van der Waals surface area contributed by atoms with Crippen LogP contribution in [-0.2, 0) is 0 Å². The van der Waals surface area contributed by atoms with Gasteiger partial charge in [-0.15, -0.1) is 11.3 Å². The molecule has 0 spiro atoms. The predicted octanol–water partition coefficient (Wildman–Crippen LogP) is 2.76. The second-order valence-corrected chi connectivity index (χ2v) is 6.26. The molecule has 1 aliphatic rings. The Labute approximate surface area is 135 Å². The van der Waals surface area contributed by atoms with Gasteiger partial charge in [0.2, 0.25) is 0 Å². The van der Waals surface area contributed by atoms with E-state index in [9.17, 15) is 0 Å². The Morgan fingerprint density at radius 1 is 1.05 bits per heavy atom. The maximum absolute atomic E-state index is 5.64.